The van der Waals surface area contributed by atoms with Crippen LogP contribution >= 0.6 is 0 Å². The van der Waals surface area contributed by atoms with Crippen molar-refractivity contribution >= 4 is 5.91 Å². The van der Waals surface area contributed by atoms with Crippen molar-refractivity contribution in [2.45, 2.75) is 18.6 Å². The molecule has 6 nitrogen and oxygen atoms in total. The fraction of sp³-hybridized carbons (Fsp3) is 0.381. The first-order valence-electron chi connectivity index (χ1n) is 9.10. The first-order valence-corrected chi connectivity index (χ1v) is 9.10. The molecule has 1 amide bonds. The van der Waals surface area contributed by atoms with Gasteiger partial charge in [0.15, 0.2) is 11.5 Å². The van der Waals surface area contributed by atoms with E-state index in [-0.39, 0.29) is 13.0 Å². The molecule has 30 heavy (non-hydrogen) atoms. The quantitative estimate of drug-likeness (QED) is 0.730. The molecular weight excluding hydrogens is 403 g/mol. The fourth-order valence-electron chi connectivity index (χ4n) is 3.82. The number of methoxy groups -OCH3 is 4. The summed E-state index contributed by atoms with van der Waals surface area (Å²) in [7, 11) is 5.79. The molecule has 0 aromatic heterocycles. The Morgan fingerprint density at radius 2 is 1.70 bits per heavy atom. The van der Waals surface area contributed by atoms with Gasteiger partial charge in [-0.25, -0.2) is 0 Å². The third-order valence-electron chi connectivity index (χ3n) is 5.09. The van der Waals surface area contributed by atoms with Crippen LogP contribution in [0.15, 0.2) is 30.3 Å². The zero-order valence-corrected chi connectivity index (χ0v) is 17.0. The molecule has 9 heteroatoms. The van der Waals surface area contributed by atoms with Crippen LogP contribution in [0.5, 0.6) is 23.0 Å². The lowest BCUT2D eigenvalue weighted by atomic mass is 9.86. The Kier molecular flexibility index (Phi) is 6.00. The van der Waals surface area contributed by atoms with Gasteiger partial charge in [0, 0.05) is 12.1 Å². The predicted molar refractivity (Wildman–Crippen MR) is 102 cm³/mol. The minimum atomic E-state index is -5.00. The Morgan fingerprint density at radius 1 is 1.00 bits per heavy atom. The lowest BCUT2D eigenvalue weighted by molar-refractivity contribution is -0.187. The molecule has 1 unspecified atom stereocenters. The summed E-state index contributed by atoms with van der Waals surface area (Å²) in [5.74, 6) is -0.430. The highest BCUT2D eigenvalue weighted by atomic mass is 19.4. The van der Waals surface area contributed by atoms with Gasteiger partial charge in [0.1, 0.15) is 5.75 Å². The zero-order valence-electron chi connectivity index (χ0n) is 17.0. The second-order valence-electron chi connectivity index (χ2n) is 6.64. The maximum Gasteiger partial charge on any atom is 0.471 e. The summed E-state index contributed by atoms with van der Waals surface area (Å²) in [5, 5.41) is 0. The van der Waals surface area contributed by atoms with E-state index in [0.29, 0.717) is 39.7 Å². The summed E-state index contributed by atoms with van der Waals surface area (Å²) in [6, 6.07) is 7.19. The van der Waals surface area contributed by atoms with Crippen LogP contribution in [-0.4, -0.2) is 52.0 Å². The Balaban J connectivity index is 2.28. The number of benzene rings is 2. The molecule has 0 saturated carbocycles. The van der Waals surface area contributed by atoms with Gasteiger partial charge < -0.3 is 23.8 Å². The van der Waals surface area contributed by atoms with Gasteiger partial charge in [-0.1, -0.05) is 12.1 Å². The number of alkyl halides is 3. The van der Waals surface area contributed by atoms with Gasteiger partial charge in [-0.05, 0) is 35.7 Å². The van der Waals surface area contributed by atoms with Crippen molar-refractivity contribution in [1.82, 2.24) is 4.90 Å². The number of amides is 1. The smallest absolute Gasteiger partial charge is 0.471 e. The van der Waals surface area contributed by atoms with Crippen molar-refractivity contribution in [3.8, 4) is 23.0 Å². The third-order valence-corrected chi connectivity index (χ3v) is 5.09. The number of hydrogen-bond donors (Lipinski definition) is 0. The average molecular weight is 425 g/mol. The van der Waals surface area contributed by atoms with Crippen molar-refractivity contribution in [1.29, 1.82) is 0 Å². The maximum absolute atomic E-state index is 13.4. The number of rotatable bonds is 5. The van der Waals surface area contributed by atoms with Crippen molar-refractivity contribution in [3.05, 3.63) is 47.0 Å². The molecule has 0 radical (unpaired) electrons. The van der Waals surface area contributed by atoms with E-state index in [2.05, 4.69) is 0 Å². The molecule has 1 heterocycles. The molecule has 2 aromatic rings. The van der Waals surface area contributed by atoms with E-state index in [0.717, 1.165) is 4.90 Å². The lowest BCUT2D eigenvalue weighted by Crippen LogP contribution is -2.47. The molecule has 162 valence electrons. The SMILES string of the molecule is COc1cccc(C2c3cc(OC)c(OC)c(OC)c3CCN2C(=O)C(F)(F)F)c1. The van der Waals surface area contributed by atoms with Crippen molar-refractivity contribution in [3.63, 3.8) is 0 Å². The molecule has 1 aliphatic heterocycles. The number of carbonyl (C=O) groups is 1. The molecule has 2 aromatic carbocycles. The summed E-state index contributed by atoms with van der Waals surface area (Å²) in [4.78, 5) is 13.1. The largest absolute Gasteiger partial charge is 0.497 e. The van der Waals surface area contributed by atoms with E-state index in [9.17, 15) is 18.0 Å². The number of hydrogen-bond acceptors (Lipinski definition) is 5. The Labute approximate surface area is 172 Å². The van der Waals surface area contributed by atoms with Gasteiger partial charge in [0.25, 0.3) is 0 Å². The maximum atomic E-state index is 13.4. The predicted octanol–water partition coefficient (Wildman–Crippen LogP) is 3.76. The molecule has 1 atom stereocenters. The summed E-state index contributed by atoms with van der Waals surface area (Å²) in [6.45, 7) is -0.140. The second kappa shape index (κ2) is 8.33. The number of ether oxygens (including phenoxy) is 4. The average Bonchev–Trinajstić information content (AvgIpc) is 2.75. The first-order chi connectivity index (χ1) is 14.3. The summed E-state index contributed by atoms with van der Waals surface area (Å²) in [6.07, 6.45) is -4.84. The Hall–Kier alpha value is -3.10. The molecule has 0 N–H and O–H groups in total. The van der Waals surface area contributed by atoms with Crippen molar-refractivity contribution in [2.75, 3.05) is 35.0 Å². The van der Waals surface area contributed by atoms with Gasteiger partial charge in [-0.3, -0.25) is 4.79 Å². The van der Waals surface area contributed by atoms with Crippen molar-refractivity contribution < 1.29 is 36.9 Å². The molecular formula is C21H22F3NO5. The van der Waals surface area contributed by atoms with Crippen LogP contribution in [-0.2, 0) is 11.2 Å². The first kappa shape index (κ1) is 21.6. The minimum Gasteiger partial charge on any atom is -0.497 e. The second-order valence-corrected chi connectivity index (χ2v) is 6.64. The van der Waals surface area contributed by atoms with E-state index < -0.39 is 18.1 Å². The van der Waals surface area contributed by atoms with Gasteiger partial charge in [-0.15, -0.1) is 0 Å². The van der Waals surface area contributed by atoms with Crippen LogP contribution in [0.4, 0.5) is 13.2 Å². The van der Waals surface area contributed by atoms with Gasteiger partial charge >= 0.3 is 12.1 Å². The topological polar surface area (TPSA) is 57.2 Å². The molecule has 0 fully saturated rings. The van der Waals surface area contributed by atoms with Gasteiger partial charge in [-0.2, -0.15) is 13.2 Å². The fourth-order valence-corrected chi connectivity index (χ4v) is 3.82. The van der Waals surface area contributed by atoms with Gasteiger partial charge in [0.05, 0.1) is 34.5 Å². The van der Waals surface area contributed by atoms with Crippen LogP contribution in [0.2, 0.25) is 0 Å². The highest BCUT2D eigenvalue weighted by Gasteiger charge is 2.47. The number of fused-ring (bicyclic) bond motifs is 1. The monoisotopic (exact) mass is 425 g/mol. The standard InChI is InChI=1S/C21H22F3NO5/c1-27-13-7-5-6-12(10-13)17-15-11-16(28-2)19(30-4)18(29-3)14(15)8-9-25(17)20(26)21(22,23)24/h5-7,10-11,17H,8-9H2,1-4H3. The summed E-state index contributed by atoms with van der Waals surface area (Å²) in [5.41, 5.74) is 1.61. The van der Waals surface area contributed by atoms with Crippen LogP contribution in [0, 0.1) is 0 Å². The van der Waals surface area contributed by atoms with Crippen molar-refractivity contribution in [2.24, 2.45) is 0 Å². The van der Waals surface area contributed by atoms with Crippen LogP contribution in [0.1, 0.15) is 22.7 Å². The highest BCUT2D eigenvalue weighted by Crippen LogP contribution is 2.48. The van der Waals surface area contributed by atoms with E-state index in [1.807, 2.05) is 0 Å². The van der Waals surface area contributed by atoms with Gasteiger partial charge in [0.2, 0.25) is 5.75 Å². The van der Waals surface area contributed by atoms with E-state index >= 15 is 0 Å². The summed E-state index contributed by atoms with van der Waals surface area (Å²) < 4.78 is 61.6. The molecule has 3 rings (SSSR count). The zero-order chi connectivity index (χ0) is 22.1. The highest BCUT2D eigenvalue weighted by molar-refractivity contribution is 5.83. The number of halogens is 3. The molecule has 0 bridgehead atoms. The Morgan fingerprint density at radius 3 is 2.27 bits per heavy atom. The number of carbonyl (C=O) groups excluding carboxylic acids is 1. The Bertz CT molecular complexity index is 945. The summed E-state index contributed by atoms with van der Waals surface area (Å²) >= 11 is 0. The van der Waals surface area contributed by atoms with E-state index in [1.54, 1.807) is 30.3 Å². The third kappa shape index (κ3) is 3.71. The molecule has 0 saturated heterocycles. The molecule has 0 spiro atoms. The normalized spacial score (nSPS) is 16.0. The lowest BCUT2D eigenvalue weighted by Gasteiger charge is -2.39. The minimum absolute atomic E-state index is 0.140. The van der Waals surface area contributed by atoms with E-state index in [1.165, 1.54) is 28.4 Å². The van der Waals surface area contributed by atoms with Crippen LogP contribution in [0.25, 0.3) is 0 Å². The van der Waals surface area contributed by atoms with Crippen LogP contribution in [0.3, 0.4) is 0 Å². The number of nitrogens with zero attached hydrogens (tertiary/aromatic N) is 1. The van der Waals surface area contributed by atoms with Crippen LogP contribution < -0.4 is 18.9 Å². The molecule has 1 aliphatic rings. The van der Waals surface area contributed by atoms with E-state index in [4.69, 9.17) is 18.9 Å². The molecule has 0 aliphatic carbocycles.